The van der Waals surface area contributed by atoms with Crippen LogP contribution in [-0.2, 0) is 4.79 Å². The van der Waals surface area contributed by atoms with E-state index in [0.29, 0.717) is 10.9 Å². The van der Waals surface area contributed by atoms with Crippen molar-refractivity contribution >= 4 is 35.0 Å². The van der Waals surface area contributed by atoms with E-state index < -0.39 is 0 Å². The number of amides is 1. The SMILES string of the molecule is CSc1ccc(-c2ccc(Cl)c(N3C[C@@H](C)C[C@H]3C(=O)NCC#N)c2)cc1. The van der Waals surface area contributed by atoms with Gasteiger partial charge in [-0.1, -0.05) is 36.7 Å². The molecule has 1 N–H and O–H groups in total. The molecule has 2 aromatic carbocycles. The fourth-order valence-electron chi connectivity index (χ4n) is 3.50. The molecule has 0 bridgehead atoms. The van der Waals surface area contributed by atoms with Gasteiger partial charge in [-0.25, -0.2) is 0 Å². The lowest BCUT2D eigenvalue weighted by molar-refractivity contribution is -0.122. The van der Waals surface area contributed by atoms with Gasteiger partial charge in [0.1, 0.15) is 12.6 Å². The highest BCUT2D eigenvalue weighted by Gasteiger charge is 2.35. The van der Waals surface area contributed by atoms with Crippen LogP contribution in [0, 0.1) is 17.2 Å². The maximum atomic E-state index is 12.5. The van der Waals surface area contributed by atoms with Crippen LogP contribution in [0.1, 0.15) is 13.3 Å². The zero-order valence-electron chi connectivity index (χ0n) is 15.4. The summed E-state index contributed by atoms with van der Waals surface area (Å²) in [5.41, 5.74) is 3.05. The Hall–Kier alpha value is -2.16. The predicted octanol–water partition coefficient (Wildman–Crippen LogP) is 4.58. The molecular weight excluding hydrogens is 378 g/mol. The molecule has 1 amide bonds. The Balaban J connectivity index is 1.92. The second-order valence-electron chi connectivity index (χ2n) is 6.78. The standard InChI is InChI=1S/C21H22ClN3OS/c1-14-11-20(21(26)24-10-9-23)25(13-14)19-12-16(5-8-18(19)22)15-3-6-17(27-2)7-4-15/h3-8,12,14,20H,10-11,13H2,1-2H3,(H,24,26)/t14-,20-/m0/s1. The zero-order valence-corrected chi connectivity index (χ0v) is 17.0. The minimum absolute atomic E-state index is 0.0209. The number of hydrogen-bond donors (Lipinski definition) is 1. The Bertz CT molecular complexity index is 863. The van der Waals surface area contributed by atoms with Crippen LogP contribution >= 0.6 is 23.4 Å². The summed E-state index contributed by atoms with van der Waals surface area (Å²) in [5.74, 6) is 0.259. The van der Waals surface area contributed by atoms with Gasteiger partial charge in [0.2, 0.25) is 5.91 Å². The van der Waals surface area contributed by atoms with Crippen LogP contribution < -0.4 is 10.2 Å². The molecule has 1 aliphatic heterocycles. The van der Waals surface area contributed by atoms with Gasteiger partial charge in [0, 0.05) is 11.4 Å². The van der Waals surface area contributed by atoms with Crippen molar-refractivity contribution in [1.82, 2.24) is 5.32 Å². The maximum absolute atomic E-state index is 12.5. The summed E-state index contributed by atoms with van der Waals surface area (Å²) in [6.07, 6.45) is 2.81. The normalized spacial score (nSPS) is 19.0. The highest BCUT2D eigenvalue weighted by molar-refractivity contribution is 7.98. The maximum Gasteiger partial charge on any atom is 0.243 e. The quantitative estimate of drug-likeness (QED) is 0.590. The lowest BCUT2D eigenvalue weighted by Crippen LogP contribution is -2.43. The number of nitrogens with zero attached hydrogens (tertiary/aromatic N) is 2. The summed E-state index contributed by atoms with van der Waals surface area (Å²) >= 11 is 8.22. The first-order chi connectivity index (χ1) is 13.0. The number of nitriles is 1. The van der Waals surface area contributed by atoms with Gasteiger partial charge in [-0.05, 0) is 54.0 Å². The molecule has 4 nitrogen and oxygen atoms in total. The van der Waals surface area contributed by atoms with Crippen molar-refractivity contribution in [3.63, 3.8) is 0 Å². The van der Waals surface area contributed by atoms with Crippen molar-refractivity contribution in [3.8, 4) is 17.2 Å². The molecule has 0 aliphatic carbocycles. The Kier molecular flexibility index (Phi) is 6.30. The zero-order chi connectivity index (χ0) is 19.4. The molecule has 1 aliphatic rings. The Morgan fingerprint density at radius 3 is 2.67 bits per heavy atom. The number of halogens is 1. The van der Waals surface area contributed by atoms with Crippen molar-refractivity contribution < 1.29 is 4.79 Å². The van der Waals surface area contributed by atoms with Gasteiger partial charge in [-0.2, -0.15) is 5.26 Å². The van der Waals surface area contributed by atoms with Gasteiger partial charge in [0.15, 0.2) is 0 Å². The third-order valence-corrected chi connectivity index (χ3v) is 5.90. The molecule has 3 rings (SSSR count). The smallest absolute Gasteiger partial charge is 0.243 e. The summed E-state index contributed by atoms with van der Waals surface area (Å²) < 4.78 is 0. The second kappa shape index (κ2) is 8.69. The monoisotopic (exact) mass is 399 g/mol. The number of thioether (sulfide) groups is 1. The fourth-order valence-corrected chi connectivity index (χ4v) is 4.14. The Morgan fingerprint density at radius 2 is 2.00 bits per heavy atom. The number of carbonyl (C=O) groups excluding carboxylic acids is 1. The largest absolute Gasteiger partial charge is 0.358 e. The summed E-state index contributed by atoms with van der Waals surface area (Å²) in [7, 11) is 0. The van der Waals surface area contributed by atoms with Crippen LogP contribution in [0.25, 0.3) is 11.1 Å². The van der Waals surface area contributed by atoms with E-state index in [-0.39, 0.29) is 18.5 Å². The summed E-state index contributed by atoms with van der Waals surface area (Å²) in [6.45, 7) is 2.91. The number of hydrogen-bond acceptors (Lipinski definition) is 4. The summed E-state index contributed by atoms with van der Waals surface area (Å²) in [5, 5.41) is 12.1. The number of carbonyl (C=O) groups is 1. The van der Waals surface area contributed by atoms with Crippen LogP contribution in [0.15, 0.2) is 47.4 Å². The first-order valence-corrected chi connectivity index (χ1v) is 10.5. The molecular formula is C21H22ClN3OS. The van der Waals surface area contributed by atoms with Crippen LogP contribution in [-0.4, -0.2) is 31.3 Å². The van der Waals surface area contributed by atoms with Gasteiger partial charge in [-0.15, -0.1) is 11.8 Å². The highest BCUT2D eigenvalue weighted by atomic mass is 35.5. The Labute approximate surface area is 169 Å². The molecule has 2 atom stereocenters. The lowest BCUT2D eigenvalue weighted by atomic mass is 10.0. The number of benzene rings is 2. The summed E-state index contributed by atoms with van der Waals surface area (Å²) in [4.78, 5) is 15.8. The van der Waals surface area contributed by atoms with E-state index in [9.17, 15) is 4.79 Å². The summed E-state index contributed by atoms with van der Waals surface area (Å²) in [6, 6.07) is 16.0. The number of nitrogens with one attached hydrogen (secondary N) is 1. The van der Waals surface area contributed by atoms with Gasteiger partial charge in [0.05, 0.1) is 16.8 Å². The second-order valence-corrected chi connectivity index (χ2v) is 8.07. The molecule has 0 saturated carbocycles. The van der Waals surface area contributed by atoms with E-state index >= 15 is 0 Å². The number of anilines is 1. The minimum Gasteiger partial charge on any atom is -0.358 e. The molecule has 6 heteroatoms. The molecule has 0 aromatic heterocycles. The first-order valence-electron chi connectivity index (χ1n) is 8.88. The fraction of sp³-hybridized carbons (Fsp3) is 0.333. The van der Waals surface area contributed by atoms with Crippen LogP contribution in [0.5, 0.6) is 0 Å². The van der Waals surface area contributed by atoms with Crippen molar-refractivity contribution in [2.75, 3.05) is 24.2 Å². The van der Waals surface area contributed by atoms with Crippen LogP contribution in [0.2, 0.25) is 5.02 Å². The van der Waals surface area contributed by atoms with Crippen molar-refractivity contribution in [3.05, 3.63) is 47.5 Å². The third-order valence-electron chi connectivity index (χ3n) is 4.83. The van der Waals surface area contributed by atoms with E-state index in [2.05, 4.69) is 53.7 Å². The van der Waals surface area contributed by atoms with Gasteiger partial charge >= 0.3 is 0 Å². The molecule has 1 fully saturated rings. The molecule has 2 aromatic rings. The van der Waals surface area contributed by atoms with E-state index in [1.54, 1.807) is 11.8 Å². The predicted molar refractivity (Wildman–Crippen MR) is 112 cm³/mol. The van der Waals surface area contributed by atoms with Crippen molar-refractivity contribution in [2.45, 2.75) is 24.3 Å². The van der Waals surface area contributed by atoms with Crippen LogP contribution in [0.4, 0.5) is 5.69 Å². The van der Waals surface area contributed by atoms with Gasteiger partial charge < -0.3 is 10.2 Å². The van der Waals surface area contributed by atoms with Gasteiger partial charge in [-0.3, -0.25) is 4.79 Å². The Morgan fingerprint density at radius 1 is 1.30 bits per heavy atom. The van der Waals surface area contributed by atoms with E-state index in [4.69, 9.17) is 16.9 Å². The third kappa shape index (κ3) is 4.40. The van der Waals surface area contributed by atoms with E-state index in [0.717, 1.165) is 29.8 Å². The molecule has 0 unspecified atom stereocenters. The van der Waals surface area contributed by atoms with E-state index in [1.807, 2.05) is 18.2 Å². The van der Waals surface area contributed by atoms with Crippen molar-refractivity contribution in [2.24, 2.45) is 5.92 Å². The molecule has 0 radical (unpaired) electrons. The minimum atomic E-state index is -0.306. The molecule has 140 valence electrons. The topological polar surface area (TPSA) is 56.1 Å². The molecule has 27 heavy (non-hydrogen) atoms. The van der Waals surface area contributed by atoms with Gasteiger partial charge in [0.25, 0.3) is 0 Å². The molecule has 1 saturated heterocycles. The van der Waals surface area contributed by atoms with E-state index in [1.165, 1.54) is 4.90 Å². The average molecular weight is 400 g/mol. The molecule has 1 heterocycles. The van der Waals surface area contributed by atoms with Crippen LogP contribution in [0.3, 0.4) is 0 Å². The highest BCUT2D eigenvalue weighted by Crippen LogP contribution is 2.37. The van der Waals surface area contributed by atoms with Crippen molar-refractivity contribution in [1.29, 1.82) is 5.26 Å². The molecule has 0 spiro atoms. The number of rotatable bonds is 5. The first kappa shape index (κ1) is 19.6. The average Bonchev–Trinajstić information content (AvgIpc) is 3.08. The lowest BCUT2D eigenvalue weighted by Gasteiger charge is -2.27.